The molecule has 110 valence electrons. The van der Waals surface area contributed by atoms with Crippen LogP contribution in [-0.2, 0) is 11.3 Å². The number of anilines is 1. The second-order valence-corrected chi connectivity index (χ2v) is 5.63. The van der Waals surface area contributed by atoms with Crippen LogP contribution in [0.4, 0.5) is 10.1 Å². The lowest BCUT2D eigenvalue weighted by molar-refractivity contribution is -0.123. The van der Waals surface area contributed by atoms with Crippen LogP contribution in [0.3, 0.4) is 0 Å². The molecule has 2 rings (SSSR count). The third kappa shape index (κ3) is 3.48. The van der Waals surface area contributed by atoms with E-state index in [1.807, 2.05) is 26.2 Å². The van der Waals surface area contributed by atoms with Gasteiger partial charge in [0.1, 0.15) is 5.82 Å². The monoisotopic (exact) mass is 279 g/mol. The number of primary amides is 1. The van der Waals surface area contributed by atoms with Crippen LogP contribution in [0.5, 0.6) is 0 Å². The maximum atomic E-state index is 13.6. The van der Waals surface area contributed by atoms with E-state index in [-0.39, 0.29) is 17.6 Å². The SMILES string of the molecule is CN(C)c1cc(CN2CCC(C(N)=O)CC2)ccc1F. The molecule has 0 bridgehead atoms. The topological polar surface area (TPSA) is 49.6 Å². The lowest BCUT2D eigenvalue weighted by atomic mass is 9.96. The number of benzene rings is 1. The maximum absolute atomic E-state index is 13.6. The minimum atomic E-state index is -0.203. The highest BCUT2D eigenvalue weighted by molar-refractivity contribution is 5.76. The molecule has 4 nitrogen and oxygen atoms in total. The van der Waals surface area contributed by atoms with Crippen molar-refractivity contribution in [1.82, 2.24) is 4.90 Å². The van der Waals surface area contributed by atoms with E-state index < -0.39 is 0 Å². The van der Waals surface area contributed by atoms with E-state index in [0.29, 0.717) is 5.69 Å². The summed E-state index contributed by atoms with van der Waals surface area (Å²) in [5.74, 6) is -0.385. The predicted octanol–water partition coefficient (Wildman–Crippen LogP) is 1.59. The molecule has 0 spiro atoms. The van der Waals surface area contributed by atoms with Gasteiger partial charge in [-0.2, -0.15) is 0 Å². The fourth-order valence-corrected chi connectivity index (χ4v) is 2.63. The Morgan fingerprint density at radius 1 is 1.40 bits per heavy atom. The fourth-order valence-electron chi connectivity index (χ4n) is 2.63. The highest BCUT2D eigenvalue weighted by Gasteiger charge is 2.23. The molecule has 20 heavy (non-hydrogen) atoms. The molecule has 1 amide bonds. The number of piperidine rings is 1. The zero-order valence-electron chi connectivity index (χ0n) is 12.1. The number of amides is 1. The molecule has 5 heteroatoms. The lowest BCUT2D eigenvalue weighted by Crippen LogP contribution is -2.38. The highest BCUT2D eigenvalue weighted by atomic mass is 19.1. The standard InChI is InChI=1S/C15H22FN3O/c1-18(2)14-9-11(3-4-13(14)16)10-19-7-5-12(6-8-19)15(17)20/h3-4,9,12H,5-8,10H2,1-2H3,(H2,17,20). The van der Waals surface area contributed by atoms with Gasteiger partial charge in [-0.15, -0.1) is 0 Å². The van der Waals surface area contributed by atoms with E-state index in [1.165, 1.54) is 6.07 Å². The van der Waals surface area contributed by atoms with Crippen LogP contribution in [0.2, 0.25) is 0 Å². The normalized spacial score (nSPS) is 17.1. The first-order valence-corrected chi connectivity index (χ1v) is 6.95. The third-order valence-corrected chi connectivity index (χ3v) is 3.89. The van der Waals surface area contributed by atoms with Gasteiger partial charge in [-0.25, -0.2) is 4.39 Å². The van der Waals surface area contributed by atoms with Gasteiger partial charge in [0.05, 0.1) is 5.69 Å². The summed E-state index contributed by atoms with van der Waals surface area (Å²) in [5.41, 5.74) is 7.03. The van der Waals surface area contributed by atoms with Crippen molar-refractivity contribution in [2.24, 2.45) is 11.7 Å². The van der Waals surface area contributed by atoms with Crippen molar-refractivity contribution < 1.29 is 9.18 Å². The molecule has 0 saturated carbocycles. The number of halogens is 1. The molecular weight excluding hydrogens is 257 g/mol. The first-order chi connectivity index (χ1) is 9.47. The molecule has 1 aromatic carbocycles. The van der Waals surface area contributed by atoms with Crippen molar-refractivity contribution in [3.8, 4) is 0 Å². The van der Waals surface area contributed by atoms with E-state index in [1.54, 1.807) is 4.90 Å². The van der Waals surface area contributed by atoms with Crippen LogP contribution in [0.15, 0.2) is 18.2 Å². The van der Waals surface area contributed by atoms with E-state index >= 15 is 0 Å². The third-order valence-electron chi connectivity index (χ3n) is 3.89. The molecule has 0 aliphatic carbocycles. The predicted molar refractivity (Wildman–Crippen MR) is 77.9 cm³/mol. The molecule has 0 atom stereocenters. The molecule has 1 fully saturated rings. The van der Waals surface area contributed by atoms with Crippen molar-refractivity contribution >= 4 is 11.6 Å². The Morgan fingerprint density at radius 2 is 2.05 bits per heavy atom. The lowest BCUT2D eigenvalue weighted by Gasteiger charge is -2.30. The number of nitrogens with zero attached hydrogens (tertiary/aromatic N) is 2. The Hall–Kier alpha value is -1.62. The summed E-state index contributed by atoms with van der Waals surface area (Å²) in [6.07, 6.45) is 1.63. The van der Waals surface area contributed by atoms with Crippen LogP contribution >= 0.6 is 0 Å². The average molecular weight is 279 g/mol. The van der Waals surface area contributed by atoms with Gasteiger partial charge >= 0.3 is 0 Å². The molecule has 0 radical (unpaired) electrons. The minimum Gasteiger partial charge on any atom is -0.375 e. The minimum absolute atomic E-state index is 0.0109. The van der Waals surface area contributed by atoms with Crippen LogP contribution in [0.25, 0.3) is 0 Å². The summed E-state index contributed by atoms with van der Waals surface area (Å²) in [4.78, 5) is 15.2. The summed E-state index contributed by atoms with van der Waals surface area (Å²) < 4.78 is 13.6. The molecular formula is C15H22FN3O. The molecule has 1 saturated heterocycles. The smallest absolute Gasteiger partial charge is 0.220 e. The van der Waals surface area contributed by atoms with E-state index in [2.05, 4.69) is 4.90 Å². The Morgan fingerprint density at radius 3 is 2.60 bits per heavy atom. The van der Waals surface area contributed by atoms with Crippen molar-refractivity contribution in [3.05, 3.63) is 29.6 Å². The van der Waals surface area contributed by atoms with Crippen LogP contribution in [0.1, 0.15) is 18.4 Å². The van der Waals surface area contributed by atoms with Gasteiger partial charge in [-0.05, 0) is 43.6 Å². The summed E-state index contributed by atoms with van der Waals surface area (Å²) in [7, 11) is 3.67. The summed E-state index contributed by atoms with van der Waals surface area (Å²) in [6, 6.07) is 5.22. The van der Waals surface area contributed by atoms with E-state index in [4.69, 9.17) is 5.73 Å². The number of carbonyl (C=O) groups is 1. The Balaban J connectivity index is 1.98. The molecule has 0 unspecified atom stereocenters. The number of carbonyl (C=O) groups excluding carboxylic acids is 1. The number of hydrogen-bond acceptors (Lipinski definition) is 3. The Bertz CT molecular complexity index is 482. The van der Waals surface area contributed by atoms with Crippen molar-refractivity contribution in [3.63, 3.8) is 0 Å². The fraction of sp³-hybridized carbons (Fsp3) is 0.533. The molecule has 1 aliphatic rings. The van der Waals surface area contributed by atoms with Gasteiger partial charge in [0.15, 0.2) is 0 Å². The van der Waals surface area contributed by atoms with E-state index in [0.717, 1.165) is 38.0 Å². The second-order valence-electron chi connectivity index (χ2n) is 5.63. The molecule has 1 aromatic rings. The van der Waals surface area contributed by atoms with Gasteiger partial charge in [-0.3, -0.25) is 9.69 Å². The number of likely N-dealkylation sites (tertiary alicyclic amines) is 1. The molecule has 2 N–H and O–H groups in total. The van der Waals surface area contributed by atoms with Crippen molar-refractivity contribution in [2.45, 2.75) is 19.4 Å². The van der Waals surface area contributed by atoms with Crippen LogP contribution in [-0.4, -0.2) is 38.0 Å². The van der Waals surface area contributed by atoms with Crippen LogP contribution < -0.4 is 10.6 Å². The maximum Gasteiger partial charge on any atom is 0.220 e. The van der Waals surface area contributed by atoms with Gasteiger partial charge in [0.2, 0.25) is 5.91 Å². The first kappa shape index (κ1) is 14.8. The quantitative estimate of drug-likeness (QED) is 0.910. The Labute approximate surface area is 119 Å². The summed E-state index contributed by atoms with van der Waals surface area (Å²) >= 11 is 0. The Kier molecular flexibility index (Phi) is 4.60. The largest absolute Gasteiger partial charge is 0.375 e. The molecule has 0 aromatic heterocycles. The number of rotatable bonds is 4. The van der Waals surface area contributed by atoms with Gasteiger partial charge < -0.3 is 10.6 Å². The second kappa shape index (κ2) is 6.22. The molecule has 1 heterocycles. The number of nitrogens with two attached hydrogens (primary N) is 1. The summed E-state index contributed by atoms with van der Waals surface area (Å²) in [5, 5.41) is 0. The zero-order chi connectivity index (χ0) is 14.7. The van der Waals surface area contributed by atoms with Crippen molar-refractivity contribution in [1.29, 1.82) is 0 Å². The molecule has 1 aliphatic heterocycles. The van der Waals surface area contributed by atoms with Gasteiger partial charge in [0.25, 0.3) is 0 Å². The summed E-state index contributed by atoms with van der Waals surface area (Å²) in [6.45, 7) is 2.51. The van der Waals surface area contributed by atoms with Crippen molar-refractivity contribution in [2.75, 3.05) is 32.1 Å². The highest BCUT2D eigenvalue weighted by Crippen LogP contribution is 2.22. The van der Waals surface area contributed by atoms with Crippen LogP contribution in [0, 0.1) is 11.7 Å². The zero-order valence-corrected chi connectivity index (χ0v) is 12.1. The first-order valence-electron chi connectivity index (χ1n) is 6.95. The average Bonchev–Trinajstić information content (AvgIpc) is 2.41. The number of hydrogen-bond donors (Lipinski definition) is 1. The van der Waals surface area contributed by atoms with E-state index in [9.17, 15) is 9.18 Å². The van der Waals surface area contributed by atoms with Gasteiger partial charge in [-0.1, -0.05) is 6.07 Å². The van der Waals surface area contributed by atoms with Gasteiger partial charge in [0, 0.05) is 26.6 Å².